The highest BCUT2D eigenvalue weighted by Crippen LogP contribution is 2.22. The summed E-state index contributed by atoms with van der Waals surface area (Å²) in [4.78, 5) is 11.2. The maximum absolute atomic E-state index is 11.2. The number of hydrogen-bond donors (Lipinski definition) is 2. The van der Waals surface area contributed by atoms with Crippen molar-refractivity contribution >= 4 is 5.97 Å². The molecule has 1 unspecified atom stereocenters. The van der Waals surface area contributed by atoms with Crippen LogP contribution >= 0.6 is 0 Å². The van der Waals surface area contributed by atoms with Crippen LogP contribution < -0.4 is 5.32 Å². The van der Waals surface area contributed by atoms with Gasteiger partial charge in [-0.15, -0.1) is 0 Å². The van der Waals surface area contributed by atoms with Gasteiger partial charge in [0.2, 0.25) is 0 Å². The van der Waals surface area contributed by atoms with E-state index in [1.807, 2.05) is 0 Å². The van der Waals surface area contributed by atoms with Gasteiger partial charge in [0.25, 0.3) is 0 Å². The first kappa shape index (κ1) is 18.7. The third-order valence-electron chi connectivity index (χ3n) is 3.91. The Morgan fingerprint density at radius 1 is 1.18 bits per heavy atom. The average Bonchev–Trinajstić information content (AvgIpc) is 2.41. The maximum atomic E-state index is 11.2. The fourth-order valence-corrected chi connectivity index (χ4v) is 2.52. The van der Waals surface area contributed by atoms with Crippen LogP contribution in [0.2, 0.25) is 0 Å². The summed E-state index contributed by atoms with van der Waals surface area (Å²) >= 11 is 0. The highest BCUT2D eigenvalue weighted by Gasteiger charge is 2.18. The van der Waals surface area contributed by atoms with Crippen molar-refractivity contribution in [2.45, 2.75) is 52.9 Å². The van der Waals surface area contributed by atoms with E-state index in [0.717, 1.165) is 19.4 Å². The van der Waals surface area contributed by atoms with Gasteiger partial charge in [-0.3, -0.25) is 4.79 Å². The molecular formula is C19H31NO2. The highest BCUT2D eigenvalue weighted by molar-refractivity contribution is 5.70. The van der Waals surface area contributed by atoms with Crippen LogP contribution in [0.4, 0.5) is 0 Å². The zero-order valence-electron chi connectivity index (χ0n) is 14.6. The third kappa shape index (κ3) is 6.61. The molecular weight excluding hydrogens is 274 g/mol. The van der Waals surface area contributed by atoms with Crippen molar-refractivity contribution in [1.29, 1.82) is 0 Å². The largest absolute Gasteiger partial charge is 0.481 e. The molecule has 0 saturated heterocycles. The van der Waals surface area contributed by atoms with Crippen LogP contribution in [-0.4, -0.2) is 24.2 Å². The summed E-state index contributed by atoms with van der Waals surface area (Å²) in [6.07, 6.45) is 1.65. The molecule has 124 valence electrons. The zero-order valence-corrected chi connectivity index (χ0v) is 14.6. The van der Waals surface area contributed by atoms with E-state index in [9.17, 15) is 9.90 Å². The Hall–Kier alpha value is -1.35. The smallest absolute Gasteiger partial charge is 0.307 e. The fraction of sp³-hybridized carbons (Fsp3) is 0.632. The molecule has 1 rings (SSSR count). The third-order valence-corrected chi connectivity index (χ3v) is 3.91. The lowest BCUT2D eigenvalue weighted by Crippen LogP contribution is -2.30. The first-order chi connectivity index (χ1) is 10.2. The molecule has 0 fully saturated rings. The quantitative estimate of drug-likeness (QED) is 0.717. The molecule has 1 atom stereocenters. The molecule has 2 N–H and O–H groups in total. The number of aliphatic carboxylic acids is 1. The van der Waals surface area contributed by atoms with E-state index in [4.69, 9.17) is 0 Å². The van der Waals surface area contributed by atoms with Crippen molar-refractivity contribution in [3.05, 3.63) is 35.4 Å². The standard InChI is InChI=1S/C19H31NO2/c1-14(2)12-16(18(21)22)13-20-11-10-15-6-8-17(9-7-15)19(3,4)5/h6-9,14,16,20H,10-13H2,1-5H3,(H,21,22). The molecule has 1 aromatic carbocycles. The second-order valence-corrected chi connectivity index (χ2v) is 7.57. The Morgan fingerprint density at radius 3 is 2.23 bits per heavy atom. The Balaban J connectivity index is 2.39. The molecule has 0 radical (unpaired) electrons. The topological polar surface area (TPSA) is 49.3 Å². The minimum absolute atomic E-state index is 0.183. The summed E-state index contributed by atoms with van der Waals surface area (Å²) in [5, 5.41) is 12.5. The van der Waals surface area contributed by atoms with Gasteiger partial charge in [0.15, 0.2) is 0 Å². The molecule has 0 aliphatic rings. The molecule has 22 heavy (non-hydrogen) atoms. The Morgan fingerprint density at radius 2 is 1.77 bits per heavy atom. The molecule has 0 aliphatic heterocycles. The van der Waals surface area contributed by atoms with Crippen LogP contribution in [0, 0.1) is 11.8 Å². The molecule has 0 spiro atoms. The van der Waals surface area contributed by atoms with Crippen molar-refractivity contribution in [3.8, 4) is 0 Å². The number of carboxylic acids is 1. The second kappa shape index (κ2) is 8.33. The summed E-state index contributed by atoms with van der Waals surface area (Å²) in [6, 6.07) is 8.72. The maximum Gasteiger partial charge on any atom is 0.307 e. The van der Waals surface area contributed by atoms with Crippen molar-refractivity contribution < 1.29 is 9.90 Å². The summed E-state index contributed by atoms with van der Waals surface area (Å²) in [7, 11) is 0. The normalized spacial score (nSPS) is 13.4. The van der Waals surface area contributed by atoms with E-state index in [2.05, 4.69) is 64.2 Å². The van der Waals surface area contributed by atoms with Gasteiger partial charge < -0.3 is 10.4 Å². The molecule has 3 heteroatoms. The molecule has 0 bridgehead atoms. The summed E-state index contributed by atoms with van der Waals surface area (Å²) in [6.45, 7) is 12.1. The van der Waals surface area contributed by atoms with Gasteiger partial charge in [0.05, 0.1) is 5.92 Å². The van der Waals surface area contributed by atoms with Gasteiger partial charge in [-0.2, -0.15) is 0 Å². The zero-order chi connectivity index (χ0) is 16.8. The van der Waals surface area contributed by atoms with Crippen LogP contribution in [0.1, 0.15) is 52.2 Å². The lowest BCUT2D eigenvalue weighted by atomic mass is 9.86. The number of rotatable bonds is 8. The van der Waals surface area contributed by atoms with Crippen LogP contribution in [0.3, 0.4) is 0 Å². The van der Waals surface area contributed by atoms with Gasteiger partial charge in [-0.05, 0) is 41.8 Å². The number of nitrogens with one attached hydrogen (secondary N) is 1. The van der Waals surface area contributed by atoms with Gasteiger partial charge in [0.1, 0.15) is 0 Å². The first-order valence-corrected chi connectivity index (χ1v) is 8.23. The Labute approximate surface area is 135 Å². The predicted molar refractivity (Wildman–Crippen MR) is 92.3 cm³/mol. The summed E-state index contributed by atoms with van der Waals surface area (Å²) in [5.74, 6) is -0.577. The van der Waals surface area contributed by atoms with Gasteiger partial charge in [0, 0.05) is 6.54 Å². The number of carbonyl (C=O) groups is 1. The summed E-state index contributed by atoms with van der Waals surface area (Å²) in [5.41, 5.74) is 2.81. The number of carboxylic acid groups (broad SMARTS) is 1. The molecule has 0 saturated carbocycles. The van der Waals surface area contributed by atoms with Crippen LogP contribution in [0.15, 0.2) is 24.3 Å². The first-order valence-electron chi connectivity index (χ1n) is 8.23. The second-order valence-electron chi connectivity index (χ2n) is 7.57. The van der Waals surface area contributed by atoms with E-state index in [1.165, 1.54) is 11.1 Å². The molecule has 0 amide bonds. The van der Waals surface area contributed by atoms with Crippen LogP contribution in [0.25, 0.3) is 0 Å². The SMILES string of the molecule is CC(C)CC(CNCCc1ccc(C(C)(C)C)cc1)C(=O)O. The fourth-order valence-electron chi connectivity index (χ4n) is 2.52. The monoisotopic (exact) mass is 305 g/mol. The number of benzene rings is 1. The van der Waals surface area contributed by atoms with Gasteiger partial charge >= 0.3 is 5.97 Å². The molecule has 1 aromatic rings. The van der Waals surface area contributed by atoms with E-state index in [-0.39, 0.29) is 11.3 Å². The Bertz CT molecular complexity index is 457. The minimum Gasteiger partial charge on any atom is -0.481 e. The van der Waals surface area contributed by atoms with Gasteiger partial charge in [-0.1, -0.05) is 58.9 Å². The summed E-state index contributed by atoms with van der Waals surface area (Å²) < 4.78 is 0. The molecule has 0 aliphatic carbocycles. The average molecular weight is 305 g/mol. The van der Waals surface area contributed by atoms with Crippen molar-refractivity contribution in [2.75, 3.05) is 13.1 Å². The van der Waals surface area contributed by atoms with Crippen molar-refractivity contribution in [3.63, 3.8) is 0 Å². The van der Waals surface area contributed by atoms with Crippen LogP contribution in [-0.2, 0) is 16.6 Å². The van der Waals surface area contributed by atoms with E-state index in [1.54, 1.807) is 0 Å². The van der Waals surface area contributed by atoms with Gasteiger partial charge in [-0.25, -0.2) is 0 Å². The highest BCUT2D eigenvalue weighted by atomic mass is 16.4. The van der Waals surface area contributed by atoms with E-state index < -0.39 is 5.97 Å². The van der Waals surface area contributed by atoms with Crippen molar-refractivity contribution in [2.24, 2.45) is 11.8 Å². The van der Waals surface area contributed by atoms with Crippen molar-refractivity contribution in [1.82, 2.24) is 5.32 Å². The lowest BCUT2D eigenvalue weighted by Gasteiger charge is -2.19. The van der Waals surface area contributed by atoms with E-state index in [0.29, 0.717) is 12.5 Å². The van der Waals surface area contributed by atoms with E-state index >= 15 is 0 Å². The number of hydrogen-bond acceptors (Lipinski definition) is 2. The van der Waals surface area contributed by atoms with Crippen LogP contribution in [0.5, 0.6) is 0 Å². The lowest BCUT2D eigenvalue weighted by molar-refractivity contribution is -0.142. The molecule has 0 heterocycles. The minimum atomic E-state index is -0.698. The molecule has 0 aromatic heterocycles. The molecule has 3 nitrogen and oxygen atoms in total. The predicted octanol–water partition coefficient (Wildman–Crippen LogP) is 3.86. The Kier molecular flexibility index (Phi) is 7.08.